The Kier molecular flexibility index (Phi) is 5.19. The Bertz CT molecular complexity index is 710. The molecule has 0 heterocycles. The summed E-state index contributed by atoms with van der Waals surface area (Å²) in [5.41, 5.74) is 4.20. The van der Waals surface area contributed by atoms with Crippen LogP contribution >= 0.6 is 11.6 Å². The number of hydrogen-bond acceptors (Lipinski definition) is 3. The highest BCUT2D eigenvalue weighted by Gasteiger charge is 2.52. The van der Waals surface area contributed by atoms with Gasteiger partial charge in [0.05, 0.1) is 0 Å². The maximum atomic E-state index is 12.5. The maximum absolute atomic E-state index is 12.5. The second-order valence-electron chi connectivity index (χ2n) is 8.80. The average Bonchev–Trinajstić information content (AvgIpc) is 2.60. The molecule has 5 rings (SSSR count). The Labute approximate surface area is 166 Å². The summed E-state index contributed by atoms with van der Waals surface area (Å²) in [6.45, 7) is 3.90. The number of ether oxygens (including phenoxy) is 1. The second-order valence-corrected chi connectivity index (χ2v) is 9.24. The lowest BCUT2D eigenvalue weighted by molar-refractivity contribution is -0.127. The monoisotopic (exact) mass is 388 g/mol. The standard InChI is InChI=1S/C22H29ClN2O2/c1-3-20(22-11-15-7-16(12-22)9-17(8-15)13-22)24-25-21(26)14(2)27-19-6-4-5-18(23)10-19/h4-6,10,14-17H,3,7-9,11-13H2,1-2H3,(H,25,26)/b24-20-/t14-,15?,16?,17?,22?/m0/s1. The summed E-state index contributed by atoms with van der Waals surface area (Å²) >= 11 is 5.98. The Morgan fingerprint density at radius 1 is 1.26 bits per heavy atom. The SMILES string of the molecule is CC/C(=N/NC(=O)[C@H](C)Oc1cccc(Cl)c1)C12CC3CC(CC(C3)C1)C2. The minimum atomic E-state index is -0.623. The van der Waals surface area contributed by atoms with Crippen molar-refractivity contribution < 1.29 is 9.53 Å². The normalized spacial score (nSPS) is 33.0. The summed E-state index contributed by atoms with van der Waals surface area (Å²) in [4.78, 5) is 12.5. The molecule has 1 N–H and O–H groups in total. The van der Waals surface area contributed by atoms with Gasteiger partial charge in [-0.2, -0.15) is 5.10 Å². The first-order chi connectivity index (χ1) is 13.0. The predicted molar refractivity (Wildman–Crippen MR) is 108 cm³/mol. The van der Waals surface area contributed by atoms with Gasteiger partial charge >= 0.3 is 0 Å². The first kappa shape index (κ1) is 18.8. The molecule has 1 atom stereocenters. The highest BCUT2D eigenvalue weighted by molar-refractivity contribution is 6.30. The largest absolute Gasteiger partial charge is 0.481 e. The zero-order chi connectivity index (χ0) is 19.0. The van der Waals surface area contributed by atoms with Crippen LogP contribution in [0.4, 0.5) is 0 Å². The molecule has 0 saturated heterocycles. The molecule has 4 saturated carbocycles. The lowest BCUT2D eigenvalue weighted by Crippen LogP contribution is -2.50. The van der Waals surface area contributed by atoms with Gasteiger partial charge in [0.15, 0.2) is 6.10 Å². The summed E-state index contributed by atoms with van der Waals surface area (Å²) in [6.07, 6.45) is 8.28. The number of carbonyl (C=O) groups is 1. The van der Waals surface area contributed by atoms with Gasteiger partial charge in [-0.3, -0.25) is 4.79 Å². The predicted octanol–water partition coefficient (Wildman–Crippen LogP) is 5.21. The highest BCUT2D eigenvalue weighted by atomic mass is 35.5. The molecular weight excluding hydrogens is 360 g/mol. The van der Waals surface area contributed by atoms with E-state index in [1.165, 1.54) is 44.2 Å². The molecule has 0 unspecified atom stereocenters. The van der Waals surface area contributed by atoms with Gasteiger partial charge in [-0.05, 0) is 87.8 Å². The van der Waals surface area contributed by atoms with E-state index >= 15 is 0 Å². The summed E-state index contributed by atoms with van der Waals surface area (Å²) in [5, 5.41) is 5.21. The average molecular weight is 389 g/mol. The van der Waals surface area contributed by atoms with E-state index in [9.17, 15) is 4.79 Å². The number of rotatable bonds is 6. The Hall–Kier alpha value is -1.55. The van der Waals surface area contributed by atoms with Crippen molar-refractivity contribution in [2.45, 2.75) is 64.9 Å². The van der Waals surface area contributed by atoms with E-state index < -0.39 is 6.10 Å². The Morgan fingerprint density at radius 3 is 2.44 bits per heavy atom. The fourth-order valence-corrected chi connectivity index (χ4v) is 6.23. The van der Waals surface area contributed by atoms with Crippen molar-refractivity contribution in [2.24, 2.45) is 28.3 Å². The van der Waals surface area contributed by atoms with Gasteiger partial charge in [0.25, 0.3) is 5.91 Å². The van der Waals surface area contributed by atoms with Crippen LogP contribution in [0.5, 0.6) is 5.75 Å². The van der Waals surface area contributed by atoms with E-state index in [1.54, 1.807) is 25.1 Å². The molecule has 0 radical (unpaired) electrons. The number of benzene rings is 1. The smallest absolute Gasteiger partial charge is 0.280 e. The van der Waals surface area contributed by atoms with Crippen molar-refractivity contribution >= 4 is 23.2 Å². The van der Waals surface area contributed by atoms with Crippen molar-refractivity contribution in [2.75, 3.05) is 0 Å². The zero-order valence-electron chi connectivity index (χ0n) is 16.2. The molecule has 0 spiro atoms. The van der Waals surface area contributed by atoms with Crippen molar-refractivity contribution in [1.29, 1.82) is 0 Å². The minimum Gasteiger partial charge on any atom is -0.481 e. The van der Waals surface area contributed by atoms with Gasteiger partial charge in [-0.25, -0.2) is 5.43 Å². The first-order valence-electron chi connectivity index (χ1n) is 10.3. The summed E-state index contributed by atoms with van der Waals surface area (Å²) in [7, 11) is 0. The van der Waals surface area contributed by atoms with E-state index in [4.69, 9.17) is 16.3 Å². The van der Waals surface area contributed by atoms with Crippen LogP contribution < -0.4 is 10.2 Å². The van der Waals surface area contributed by atoms with Gasteiger partial charge in [-0.15, -0.1) is 0 Å². The Morgan fingerprint density at radius 2 is 1.89 bits per heavy atom. The molecule has 1 aromatic carbocycles. The molecule has 5 heteroatoms. The molecule has 4 aliphatic carbocycles. The minimum absolute atomic E-state index is 0.217. The topological polar surface area (TPSA) is 50.7 Å². The van der Waals surface area contributed by atoms with E-state index in [-0.39, 0.29) is 11.3 Å². The molecule has 0 aliphatic heterocycles. The van der Waals surface area contributed by atoms with Crippen LogP contribution in [0.2, 0.25) is 5.02 Å². The summed E-state index contributed by atoms with van der Waals surface area (Å²) in [5.74, 6) is 2.98. The van der Waals surface area contributed by atoms with Crippen LogP contribution in [0.25, 0.3) is 0 Å². The van der Waals surface area contributed by atoms with Crippen LogP contribution in [0.15, 0.2) is 29.4 Å². The van der Waals surface area contributed by atoms with E-state index in [2.05, 4.69) is 17.5 Å². The van der Waals surface area contributed by atoms with Crippen LogP contribution in [0.1, 0.15) is 58.8 Å². The quantitative estimate of drug-likeness (QED) is 0.537. The molecule has 146 valence electrons. The molecule has 1 amide bonds. The second kappa shape index (κ2) is 7.46. The maximum Gasteiger partial charge on any atom is 0.280 e. The van der Waals surface area contributed by atoms with Crippen molar-refractivity contribution in [3.8, 4) is 5.75 Å². The number of hydrogen-bond donors (Lipinski definition) is 1. The molecule has 0 aromatic heterocycles. The van der Waals surface area contributed by atoms with E-state index in [0.717, 1.165) is 24.2 Å². The van der Waals surface area contributed by atoms with Crippen LogP contribution in [0, 0.1) is 23.2 Å². The number of carbonyl (C=O) groups excluding carboxylic acids is 1. The number of halogens is 1. The van der Waals surface area contributed by atoms with Crippen molar-refractivity contribution in [3.63, 3.8) is 0 Å². The van der Waals surface area contributed by atoms with Crippen LogP contribution in [-0.4, -0.2) is 17.7 Å². The molecule has 4 fully saturated rings. The van der Waals surface area contributed by atoms with Gasteiger partial charge in [0.1, 0.15) is 5.75 Å². The molecular formula is C22H29ClN2O2. The van der Waals surface area contributed by atoms with Gasteiger partial charge < -0.3 is 4.74 Å². The van der Waals surface area contributed by atoms with Crippen LogP contribution in [-0.2, 0) is 4.79 Å². The summed E-state index contributed by atoms with van der Waals surface area (Å²) < 4.78 is 5.71. The molecule has 4 bridgehead atoms. The van der Waals surface area contributed by atoms with Crippen LogP contribution in [0.3, 0.4) is 0 Å². The van der Waals surface area contributed by atoms with Gasteiger partial charge in [0, 0.05) is 16.1 Å². The van der Waals surface area contributed by atoms with Crippen molar-refractivity contribution in [3.05, 3.63) is 29.3 Å². The molecule has 1 aromatic rings. The third-order valence-corrected chi connectivity index (χ3v) is 7.00. The number of nitrogens with one attached hydrogen (secondary N) is 1. The fraction of sp³-hybridized carbons (Fsp3) is 0.636. The van der Waals surface area contributed by atoms with Crippen molar-refractivity contribution in [1.82, 2.24) is 5.43 Å². The zero-order valence-corrected chi connectivity index (χ0v) is 17.0. The van der Waals surface area contributed by atoms with E-state index in [1.807, 2.05) is 6.07 Å². The third-order valence-electron chi connectivity index (χ3n) is 6.76. The van der Waals surface area contributed by atoms with E-state index in [0.29, 0.717) is 10.8 Å². The summed E-state index contributed by atoms with van der Waals surface area (Å²) in [6, 6.07) is 7.10. The molecule has 27 heavy (non-hydrogen) atoms. The Balaban J connectivity index is 1.42. The molecule has 4 aliphatic rings. The third kappa shape index (κ3) is 3.87. The van der Waals surface area contributed by atoms with Gasteiger partial charge in [0.2, 0.25) is 0 Å². The number of hydrazone groups is 1. The number of amides is 1. The number of nitrogens with zero attached hydrogens (tertiary/aromatic N) is 1. The lowest BCUT2D eigenvalue weighted by Gasteiger charge is -2.57. The first-order valence-corrected chi connectivity index (χ1v) is 10.6. The lowest BCUT2D eigenvalue weighted by atomic mass is 9.48. The van der Waals surface area contributed by atoms with Gasteiger partial charge in [-0.1, -0.05) is 24.6 Å². The highest BCUT2D eigenvalue weighted by Crippen LogP contribution is 2.60. The fourth-order valence-electron chi connectivity index (χ4n) is 6.05. The molecule has 4 nitrogen and oxygen atoms in total.